The zero-order valence-electron chi connectivity index (χ0n) is 12.4. The molecule has 1 aromatic carbocycles. The first-order valence-electron chi connectivity index (χ1n) is 6.92. The second-order valence-electron chi connectivity index (χ2n) is 4.86. The van der Waals surface area contributed by atoms with Crippen LogP contribution < -0.4 is 4.74 Å². The maximum atomic E-state index is 11.9. The normalized spacial score (nSPS) is 11.5. The Labute approximate surface area is 121 Å². The van der Waals surface area contributed by atoms with Crippen molar-refractivity contribution in [2.75, 3.05) is 20.2 Å². The number of carbonyl (C=O) groups excluding carboxylic acids is 1. The molecule has 0 N–H and O–H groups in total. The predicted octanol–water partition coefficient (Wildman–Crippen LogP) is 2.95. The Kier molecular flexibility index (Phi) is 6.58. The minimum absolute atomic E-state index is 0.00930. The summed E-state index contributed by atoms with van der Waals surface area (Å²) in [4.78, 5) is 13.4. The highest BCUT2D eigenvalue weighted by atomic mass is 16.5. The van der Waals surface area contributed by atoms with Gasteiger partial charge in [-0.15, -0.1) is 0 Å². The lowest BCUT2D eigenvalue weighted by Crippen LogP contribution is -2.32. The Hall–Kier alpha value is -2.02. The Balaban J connectivity index is 2.62. The van der Waals surface area contributed by atoms with Crippen LogP contribution in [0.3, 0.4) is 0 Å². The molecule has 4 heteroatoms. The van der Waals surface area contributed by atoms with Crippen LogP contribution in [0.15, 0.2) is 24.3 Å². The van der Waals surface area contributed by atoms with E-state index in [-0.39, 0.29) is 12.5 Å². The van der Waals surface area contributed by atoms with E-state index in [1.165, 1.54) is 4.90 Å². The van der Waals surface area contributed by atoms with Gasteiger partial charge in [0.05, 0.1) is 12.5 Å². The lowest BCUT2D eigenvalue weighted by Gasteiger charge is -2.18. The van der Waals surface area contributed by atoms with Gasteiger partial charge in [-0.2, -0.15) is 5.26 Å². The Bertz CT molecular complexity index is 480. The summed E-state index contributed by atoms with van der Waals surface area (Å²) in [6.07, 6.45) is 1.36. The molecule has 0 aromatic heterocycles. The number of nitrogens with zero attached hydrogens (tertiary/aromatic N) is 2. The smallest absolute Gasteiger partial charge is 0.260 e. The molecular formula is C16H22N2O2. The van der Waals surface area contributed by atoms with Gasteiger partial charge >= 0.3 is 0 Å². The summed E-state index contributed by atoms with van der Waals surface area (Å²) in [5.74, 6) is 1.06. The average Bonchev–Trinajstić information content (AvgIpc) is 2.49. The average molecular weight is 274 g/mol. The highest BCUT2D eigenvalue weighted by Crippen LogP contribution is 2.28. The highest BCUT2D eigenvalue weighted by molar-refractivity contribution is 5.77. The van der Waals surface area contributed by atoms with Crippen molar-refractivity contribution in [2.24, 2.45) is 0 Å². The summed E-state index contributed by atoms with van der Waals surface area (Å²) in [5, 5.41) is 8.51. The van der Waals surface area contributed by atoms with E-state index in [9.17, 15) is 4.79 Å². The monoisotopic (exact) mass is 274 g/mol. The van der Waals surface area contributed by atoms with E-state index in [0.29, 0.717) is 18.9 Å². The van der Waals surface area contributed by atoms with Crippen molar-refractivity contribution in [1.29, 1.82) is 5.26 Å². The fourth-order valence-electron chi connectivity index (χ4n) is 1.83. The number of benzene rings is 1. The van der Waals surface area contributed by atoms with Gasteiger partial charge in [-0.1, -0.05) is 32.0 Å². The first kappa shape index (κ1) is 16.0. The number of amides is 1. The molecule has 0 heterocycles. The number of nitriles is 1. The van der Waals surface area contributed by atoms with Gasteiger partial charge < -0.3 is 9.64 Å². The molecule has 4 nitrogen and oxygen atoms in total. The quantitative estimate of drug-likeness (QED) is 0.768. The first-order valence-corrected chi connectivity index (χ1v) is 6.92. The maximum absolute atomic E-state index is 11.9. The second-order valence-corrected chi connectivity index (χ2v) is 4.86. The van der Waals surface area contributed by atoms with Crippen LogP contribution in [0.4, 0.5) is 0 Å². The van der Waals surface area contributed by atoms with Crippen molar-refractivity contribution in [1.82, 2.24) is 4.90 Å². The molecule has 0 aliphatic heterocycles. The number of carbonyl (C=O) groups is 1. The molecule has 0 radical (unpaired) electrons. The molecule has 0 aliphatic rings. The zero-order chi connectivity index (χ0) is 15.0. The van der Waals surface area contributed by atoms with Crippen LogP contribution in [0, 0.1) is 11.3 Å². The van der Waals surface area contributed by atoms with Gasteiger partial charge in [0, 0.05) is 13.6 Å². The third-order valence-corrected chi connectivity index (χ3v) is 3.40. The SMILES string of the molecule is CCC(C)c1ccccc1OCC(=O)N(C)CCC#N. The molecule has 0 saturated carbocycles. The molecule has 1 atom stereocenters. The van der Waals surface area contributed by atoms with Gasteiger partial charge in [-0.25, -0.2) is 0 Å². The molecule has 0 spiro atoms. The van der Waals surface area contributed by atoms with Gasteiger partial charge in [-0.3, -0.25) is 4.79 Å². The summed E-state index contributed by atoms with van der Waals surface area (Å²) in [6, 6.07) is 9.84. The van der Waals surface area contributed by atoms with Crippen molar-refractivity contribution in [3.63, 3.8) is 0 Å². The number of rotatable bonds is 7. The third kappa shape index (κ3) is 4.58. The molecule has 0 saturated heterocycles. The number of ether oxygens (including phenoxy) is 1. The number of likely N-dealkylation sites (N-methyl/N-ethyl adjacent to an activating group) is 1. The molecule has 20 heavy (non-hydrogen) atoms. The zero-order valence-corrected chi connectivity index (χ0v) is 12.4. The van der Waals surface area contributed by atoms with E-state index in [1.54, 1.807) is 7.05 Å². The summed E-state index contributed by atoms with van der Waals surface area (Å²) in [7, 11) is 1.68. The number of hydrogen-bond donors (Lipinski definition) is 0. The van der Waals surface area contributed by atoms with E-state index in [4.69, 9.17) is 10.00 Å². The Morgan fingerprint density at radius 1 is 1.45 bits per heavy atom. The number of para-hydroxylation sites is 1. The van der Waals surface area contributed by atoms with E-state index in [0.717, 1.165) is 17.7 Å². The van der Waals surface area contributed by atoms with Gasteiger partial charge in [0.1, 0.15) is 5.75 Å². The van der Waals surface area contributed by atoms with Crippen molar-refractivity contribution in [2.45, 2.75) is 32.6 Å². The van der Waals surface area contributed by atoms with Crippen molar-refractivity contribution >= 4 is 5.91 Å². The topological polar surface area (TPSA) is 53.3 Å². The van der Waals surface area contributed by atoms with Crippen LogP contribution in [0.25, 0.3) is 0 Å². The van der Waals surface area contributed by atoms with Crippen LogP contribution in [0.2, 0.25) is 0 Å². The standard InChI is InChI=1S/C16H22N2O2/c1-4-13(2)14-8-5-6-9-15(14)20-12-16(19)18(3)11-7-10-17/h5-6,8-9,13H,4,7,11-12H2,1-3H3. The van der Waals surface area contributed by atoms with Gasteiger partial charge in [0.15, 0.2) is 6.61 Å². The van der Waals surface area contributed by atoms with Crippen molar-refractivity contribution in [3.05, 3.63) is 29.8 Å². The first-order chi connectivity index (χ1) is 9.60. The molecule has 0 aliphatic carbocycles. The molecule has 1 aromatic rings. The molecule has 0 fully saturated rings. The van der Waals surface area contributed by atoms with Gasteiger partial charge in [0.2, 0.25) is 0 Å². The van der Waals surface area contributed by atoms with E-state index < -0.39 is 0 Å². The largest absolute Gasteiger partial charge is 0.483 e. The second kappa shape index (κ2) is 8.21. The Morgan fingerprint density at radius 2 is 2.15 bits per heavy atom. The van der Waals surface area contributed by atoms with Gasteiger partial charge in [0.25, 0.3) is 5.91 Å². The highest BCUT2D eigenvalue weighted by Gasteiger charge is 2.13. The van der Waals surface area contributed by atoms with Crippen LogP contribution in [-0.2, 0) is 4.79 Å². The molecule has 1 unspecified atom stereocenters. The summed E-state index contributed by atoms with van der Waals surface area (Å²) in [5.41, 5.74) is 1.13. The van der Waals surface area contributed by atoms with Crippen LogP contribution in [0.5, 0.6) is 5.75 Å². The summed E-state index contributed by atoms with van der Waals surface area (Å²) in [6.45, 7) is 4.71. The minimum atomic E-state index is -0.112. The molecule has 108 valence electrons. The lowest BCUT2D eigenvalue weighted by atomic mass is 9.98. The molecule has 1 amide bonds. The van der Waals surface area contributed by atoms with Crippen molar-refractivity contribution < 1.29 is 9.53 Å². The van der Waals surface area contributed by atoms with Crippen LogP contribution in [-0.4, -0.2) is 31.0 Å². The summed E-state index contributed by atoms with van der Waals surface area (Å²) >= 11 is 0. The minimum Gasteiger partial charge on any atom is -0.483 e. The fourth-order valence-corrected chi connectivity index (χ4v) is 1.83. The number of hydrogen-bond acceptors (Lipinski definition) is 3. The summed E-state index contributed by atoms with van der Waals surface area (Å²) < 4.78 is 5.65. The molecule has 1 rings (SSSR count). The third-order valence-electron chi connectivity index (χ3n) is 3.40. The van der Waals surface area contributed by atoms with E-state index in [1.807, 2.05) is 30.3 Å². The van der Waals surface area contributed by atoms with E-state index in [2.05, 4.69) is 13.8 Å². The molecule has 0 bridgehead atoms. The lowest BCUT2D eigenvalue weighted by molar-refractivity contribution is -0.132. The Morgan fingerprint density at radius 3 is 2.80 bits per heavy atom. The maximum Gasteiger partial charge on any atom is 0.260 e. The van der Waals surface area contributed by atoms with Crippen molar-refractivity contribution in [3.8, 4) is 11.8 Å². The van der Waals surface area contributed by atoms with Crippen LogP contribution >= 0.6 is 0 Å². The fraction of sp³-hybridized carbons (Fsp3) is 0.500. The molecular weight excluding hydrogens is 252 g/mol. The van der Waals surface area contributed by atoms with E-state index >= 15 is 0 Å². The predicted molar refractivity (Wildman–Crippen MR) is 78.5 cm³/mol. The van der Waals surface area contributed by atoms with Crippen LogP contribution in [0.1, 0.15) is 38.2 Å². The van der Waals surface area contributed by atoms with Gasteiger partial charge in [-0.05, 0) is 24.0 Å².